The predicted molar refractivity (Wildman–Crippen MR) is 53.4 cm³/mol. The molecule has 0 fully saturated rings. The Bertz CT molecular complexity index is 298. The summed E-state index contributed by atoms with van der Waals surface area (Å²) in [6, 6.07) is 0. The summed E-state index contributed by atoms with van der Waals surface area (Å²) < 4.78 is 0. The minimum Gasteiger partial charge on any atom is -0.295 e. The fraction of sp³-hybridized carbons (Fsp3) is 0.583. The molecule has 2 atom stereocenters. The van der Waals surface area contributed by atoms with Gasteiger partial charge in [0.05, 0.1) is 0 Å². The van der Waals surface area contributed by atoms with Crippen LogP contribution in [0.1, 0.15) is 33.1 Å². The van der Waals surface area contributed by atoms with Gasteiger partial charge in [0.1, 0.15) is 0 Å². The third kappa shape index (κ3) is 1.37. The van der Waals surface area contributed by atoms with Crippen molar-refractivity contribution >= 4 is 5.78 Å². The lowest BCUT2D eigenvalue weighted by atomic mass is 9.63. The first-order valence-electron chi connectivity index (χ1n) is 5.00. The second-order valence-electron chi connectivity index (χ2n) is 4.55. The normalized spacial score (nSPS) is 38.5. The Morgan fingerprint density at radius 3 is 3.08 bits per heavy atom. The van der Waals surface area contributed by atoms with Gasteiger partial charge in [0.2, 0.25) is 0 Å². The number of hydrogen-bond donors (Lipinski definition) is 0. The number of allylic oxidation sites excluding steroid dienone is 4. The average Bonchev–Trinajstić information content (AvgIpc) is 2.08. The topological polar surface area (TPSA) is 17.1 Å². The molecule has 1 heteroatoms. The lowest BCUT2D eigenvalue weighted by Gasteiger charge is -2.41. The van der Waals surface area contributed by atoms with Gasteiger partial charge in [-0.2, -0.15) is 0 Å². The van der Waals surface area contributed by atoms with Gasteiger partial charge in [-0.25, -0.2) is 0 Å². The van der Waals surface area contributed by atoms with Crippen molar-refractivity contribution in [3.05, 3.63) is 23.8 Å². The maximum Gasteiger partial charge on any atom is 0.156 e. The van der Waals surface area contributed by atoms with Crippen LogP contribution in [-0.4, -0.2) is 5.78 Å². The molecule has 0 saturated heterocycles. The summed E-state index contributed by atoms with van der Waals surface area (Å²) in [6.07, 6.45) is 9.26. The first kappa shape index (κ1) is 8.74. The molecule has 13 heavy (non-hydrogen) atoms. The smallest absolute Gasteiger partial charge is 0.156 e. The van der Waals surface area contributed by atoms with Crippen LogP contribution in [0.2, 0.25) is 0 Å². The van der Waals surface area contributed by atoms with E-state index in [1.807, 2.05) is 0 Å². The van der Waals surface area contributed by atoms with Crippen LogP contribution in [-0.2, 0) is 4.79 Å². The third-order valence-corrected chi connectivity index (χ3v) is 3.55. The molecule has 0 aromatic heterocycles. The van der Waals surface area contributed by atoms with Crippen molar-refractivity contribution in [2.75, 3.05) is 0 Å². The van der Waals surface area contributed by atoms with Gasteiger partial charge < -0.3 is 0 Å². The number of carbonyl (C=O) groups is 1. The fourth-order valence-corrected chi connectivity index (χ4v) is 2.59. The molecule has 2 aliphatic carbocycles. The van der Waals surface area contributed by atoms with Crippen LogP contribution in [0.25, 0.3) is 0 Å². The number of carbonyl (C=O) groups excluding carboxylic acids is 1. The molecule has 1 nitrogen and oxygen atoms in total. The molecule has 0 saturated carbocycles. The van der Waals surface area contributed by atoms with Gasteiger partial charge in [-0.1, -0.05) is 24.6 Å². The van der Waals surface area contributed by atoms with Crippen LogP contribution in [0, 0.1) is 11.3 Å². The number of fused-ring (bicyclic) bond motifs is 1. The average molecular weight is 176 g/mol. The summed E-state index contributed by atoms with van der Waals surface area (Å²) in [5.41, 5.74) is 1.67. The maximum absolute atomic E-state index is 11.3. The van der Waals surface area contributed by atoms with Crippen LogP contribution < -0.4 is 0 Å². The van der Waals surface area contributed by atoms with E-state index < -0.39 is 0 Å². The summed E-state index contributed by atoms with van der Waals surface area (Å²) in [4.78, 5) is 11.3. The highest BCUT2D eigenvalue weighted by molar-refractivity contribution is 5.91. The van der Waals surface area contributed by atoms with E-state index in [1.54, 1.807) is 6.08 Å². The molecule has 0 spiro atoms. The minimum atomic E-state index is 0.257. The molecule has 0 aliphatic heterocycles. The number of rotatable bonds is 0. The molecule has 0 N–H and O–H groups in total. The summed E-state index contributed by atoms with van der Waals surface area (Å²) >= 11 is 0. The molecule has 0 heterocycles. The van der Waals surface area contributed by atoms with Gasteiger partial charge in [-0.15, -0.1) is 0 Å². The van der Waals surface area contributed by atoms with Crippen molar-refractivity contribution in [2.24, 2.45) is 11.3 Å². The molecular formula is C12H16O. The molecule has 2 unspecified atom stereocenters. The van der Waals surface area contributed by atoms with Crippen molar-refractivity contribution in [1.29, 1.82) is 0 Å². The first-order chi connectivity index (χ1) is 6.12. The van der Waals surface area contributed by atoms with E-state index in [0.717, 1.165) is 12.8 Å². The Hall–Kier alpha value is -0.850. The van der Waals surface area contributed by atoms with Crippen molar-refractivity contribution in [2.45, 2.75) is 33.1 Å². The molecule has 0 aromatic carbocycles. The highest BCUT2D eigenvalue weighted by atomic mass is 16.1. The first-order valence-corrected chi connectivity index (χ1v) is 5.00. The molecule has 70 valence electrons. The standard InChI is InChI=1S/C12H16O/c1-9-4-3-6-12(2)7-5-10(13)8-11(9)12/h4-5,7,11H,3,6,8H2,1-2H3. The summed E-state index contributed by atoms with van der Waals surface area (Å²) in [7, 11) is 0. The third-order valence-electron chi connectivity index (χ3n) is 3.55. The van der Waals surface area contributed by atoms with E-state index in [-0.39, 0.29) is 11.2 Å². The van der Waals surface area contributed by atoms with E-state index in [4.69, 9.17) is 0 Å². The van der Waals surface area contributed by atoms with Crippen molar-refractivity contribution in [3.63, 3.8) is 0 Å². The number of ketones is 1. The van der Waals surface area contributed by atoms with Gasteiger partial charge in [-0.3, -0.25) is 4.79 Å². The van der Waals surface area contributed by atoms with Crippen LogP contribution in [0.4, 0.5) is 0 Å². The zero-order valence-electron chi connectivity index (χ0n) is 8.34. The summed E-state index contributed by atoms with van der Waals surface area (Å²) in [5.74, 6) is 0.760. The van der Waals surface area contributed by atoms with E-state index in [2.05, 4.69) is 26.0 Å². The van der Waals surface area contributed by atoms with Gasteiger partial charge in [0, 0.05) is 6.42 Å². The second kappa shape index (κ2) is 2.83. The van der Waals surface area contributed by atoms with E-state index in [0.29, 0.717) is 5.92 Å². The Kier molecular flexibility index (Phi) is 1.90. The van der Waals surface area contributed by atoms with Crippen LogP contribution >= 0.6 is 0 Å². The van der Waals surface area contributed by atoms with Crippen molar-refractivity contribution in [1.82, 2.24) is 0 Å². The largest absolute Gasteiger partial charge is 0.295 e. The Morgan fingerprint density at radius 1 is 1.54 bits per heavy atom. The van der Waals surface area contributed by atoms with Crippen molar-refractivity contribution in [3.8, 4) is 0 Å². The Labute approximate surface area is 79.5 Å². The van der Waals surface area contributed by atoms with Gasteiger partial charge >= 0.3 is 0 Å². The van der Waals surface area contributed by atoms with Crippen molar-refractivity contribution < 1.29 is 4.79 Å². The quantitative estimate of drug-likeness (QED) is 0.519. The molecule has 2 aliphatic rings. The fourth-order valence-electron chi connectivity index (χ4n) is 2.59. The molecule has 0 bridgehead atoms. The zero-order chi connectivity index (χ0) is 9.47. The van der Waals surface area contributed by atoms with Gasteiger partial charge in [0.15, 0.2) is 5.78 Å². The lowest BCUT2D eigenvalue weighted by Crippen LogP contribution is -2.33. The molecule has 0 amide bonds. The number of hydrogen-bond acceptors (Lipinski definition) is 1. The van der Waals surface area contributed by atoms with Gasteiger partial charge in [-0.05, 0) is 37.2 Å². The van der Waals surface area contributed by atoms with E-state index >= 15 is 0 Å². The van der Waals surface area contributed by atoms with E-state index in [1.165, 1.54) is 12.0 Å². The Balaban J connectivity index is 2.37. The monoisotopic (exact) mass is 176 g/mol. The summed E-state index contributed by atoms with van der Waals surface area (Å²) in [6.45, 7) is 4.44. The molecule has 0 radical (unpaired) electrons. The minimum absolute atomic E-state index is 0.257. The molecular weight excluding hydrogens is 160 g/mol. The Morgan fingerprint density at radius 2 is 2.31 bits per heavy atom. The molecule has 0 aromatic rings. The predicted octanol–water partition coefficient (Wildman–Crippen LogP) is 2.88. The molecule has 2 rings (SSSR count). The van der Waals surface area contributed by atoms with E-state index in [9.17, 15) is 4.79 Å². The lowest BCUT2D eigenvalue weighted by molar-refractivity contribution is -0.116. The highest BCUT2D eigenvalue weighted by Crippen LogP contribution is 2.46. The van der Waals surface area contributed by atoms with Crippen LogP contribution in [0.15, 0.2) is 23.8 Å². The SMILES string of the molecule is CC1=CCCC2(C)C=CC(=O)CC12. The zero-order valence-corrected chi connectivity index (χ0v) is 8.34. The van der Waals surface area contributed by atoms with Crippen LogP contribution in [0.5, 0.6) is 0 Å². The second-order valence-corrected chi connectivity index (χ2v) is 4.55. The van der Waals surface area contributed by atoms with Crippen LogP contribution in [0.3, 0.4) is 0 Å². The maximum atomic E-state index is 11.3. The van der Waals surface area contributed by atoms with Gasteiger partial charge in [0.25, 0.3) is 0 Å². The highest BCUT2D eigenvalue weighted by Gasteiger charge is 2.38. The summed E-state index contributed by atoms with van der Waals surface area (Å²) in [5, 5.41) is 0.